The third-order valence-corrected chi connectivity index (χ3v) is 3.77. The van der Waals surface area contributed by atoms with Gasteiger partial charge in [0.1, 0.15) is 11.9 Å². The third kappa shape index (κ3) is 1.96. The molecule has 7 heteroatoms. The minimum atomic E-state index is -0.812. The van der Waals surface area contributed by atoms with Gasteiger partial charge in [0.25, 0.3) is 5.91 Å². The van der Waals surface area contributed by atoms with E-state index in [1.165, 1.54) is 11.0 Å². The molecular formula is C14H10FN3O3. The average Bonchev–Trinajstić information content (AvgIpc) is 2.79. The van der Waals surface area contributed by atoms with E-state index >= 15 is 0 Å². The molecule has 2 aliphatic rings. The predicted octanol–water partition coefficient (Wildman–Crippen LogP) is 0.458. The highest BCUT2D eigenvalue weighted by Crippen LogP contribution is 2.31. The summed E-state index contributed by atoms with van der Waals surface area (Å²) in [6.45, 7) is -0.0677. The molecule has 0 radical (unpaired) electrons. The number of nitriles is 1. The van der Waals surface area contributed by atoms with Crippen molar-refractivity contribution in [1.29, 1.82) is 5.26 Å². The Hall–Kier alpha value is -2.75. The summed E-state index contributed by atoms with van der Waals surface area (Å²) < 4.78 is 13.8. The lowest BCUT2D eigenvalue weighted by molar-refractivity contribution is -0.136. The average molecular weight is 287 g/mol. The number of piperidine rings is 1. The topological polar surface area (TPSA) is 90.3 Å². The molecule has 0 bridgehead atoms. The first kappa shape index (κ1) is 13.2. The number of hydrogen-bond donors (Lipinski definition) is 1. The van der Waals surface area contributed by atoms with E-state index in [0.717, 1.165) is 6.07 Å². The maximum atomic E-state index is 13.8. The summed E-state index contributed by atoms with van der Waals surface area (Å²) in [7, 11) is 0. The first-order chi connectivity index (χ1) is 10.0. The lowest BCUT2D eigenvalue weighted by Crippen LogP contribution is -2.52. The number of halogens is 1. The fourth-order valence-electron chi connectivity index (χ4n) is 2.73. The number of benzene rings is 1. The molecule has 0 spiro atoms. The number of amides is 3. The standard InChI is InChI=1S/C14H10FN3O3/c15-9-2-1-7(5-16)12-8(9)6-18(14(12)21)10-3-4-11(19)17-13(10)20/h1-2,10H,3-4,6H2,(H,17,19,20). The van der Waals surface area contributed by atoms with Crippen molar-refractivity contribution in [3.05, 3.63) is 34.6 Å². The second-order valence-corrected chi connectivity index (χ2v) is 4.96. The van der Waals surface area contributed by atoms with E-state index in [1.807, 2.05) is 6.07 Å². The minimum Gasteiger partial charge on any atom is -0.322 e. The predicted molar refractivity (Wildman–Crippen MR) is 67.2 cm³/mol. The van der Waals surface area contributed by atoms with Gasteiger partial charge < -0.3 is 4.90 Å². The van der Waals surface area contributed by atoms with Crippen LogP contribution in [-0.4, -0.2) is 28.7 Å². The molecule has 1 atom stereocenters. The van der Waals surface area contributed by atoms with Crippen LogP contribution in [0, 0.1) is 17.1 Å². The maximum Gasteiger partial charge on any atom is 0.256 e. The number of hydrogen-bond acceptors (Lipinski definition) is 4. The van der Waals surface area contributed by atoms with Crippen LogP contribution < -0.4 is 5.32 Å². The highest BCUT2D eigenvalue weighted by molar-refractivity contribution is 6.06. The van der Waals surface area contributed by atoms with Gasteiger partial charge in [0, 0.05) is 12.0 Å². The van der Waals surface area contributed by atoms with Crippen LogP contribution in [0.4, 0.5) is 4.39 Å². The number of fused-ring (bicyclic) bond motifs is 1. The zero-order valence-electron chi connectivity index (χ0n) is 10.9. The summed E-state index contributed by atoms with van der Waals surface area (Å²) in [6, 6.07) is 3.43. The van der Waals surface area contributed by atoms with Crippen LogP contribution >= 0.6 is 0 Å². The summed E-state index contributed by atoms with van der Waals surface area (Å²) in [5, 5.41) is 11.2. The van der Waals surface area contributed by atoms with Crippen LogP contribution in [0.25, 0.3) is 0 Å². The Morgan fingerprint density at radius 1 is 1.33 bits per heavy atom. The fraction of sp³-hybridized carbons (Fsp3) is 0.286. The summed E-state index contributed by atoms with van der Waals surface area (Å²) in [4.78, 5) is 36.6. The number of carbonyl (C=O) groups is 3. The summed E-state index contributed by atoms with van der Waals surface area (Å²) in [5.41, 5.74) is 0.233. The zero-order chi connectivity index (χ0) is 15.1. The lowest BCUT2D eigenvalue weighted by Gasteiger charge is -2.29. The van der Waals surface area contributed by atoms with Crippen LogP contribution in [-0.2, 0) is 16.1 Å². The Kier molecular flexibility index (Phi) is 2.94. The van der Waals surface area contributed by atoms with Crippen LogP contribution in [0.3, 0.4) is 0 Å². The summed E-state index contributed by atoms with van der Waals surface area (Å²) in [6.07, 6.45) is 0.331. The van der Waals surface area contributed by atoms with Gasteiger partial charge in [-0.2, -0.15) is 5.26 Å². The smallest absolute Gasteiger partial charge is 0.256 e. The quantitative estimate of drug-likeness (QED) is 0.760. The molecule has 1 fully saturated rings. The Morgan fingerprint density at radius 3 is 2.76 bits per heavy atom. The first-order valence-corrected chi connectivity index (χ1v) is 6.39. The molecule has 6 nitrogen and oxygen atoms in total. The molecule has 3 rings (SSSR count). The molecule has 1 aromatic rings. The highest BCUT2D eigenvalue weighted by atomic mass is 19.1. The van der Waals surface area contributed by atoms with E-state index in [1.54, 1.807) is 0 Å². The summed E-state index contributed by atoms with van der Waals surface area (Å²) >= 11 is 0. The van der Waals surface area contributed by atoms with Crippen LogP contribution in [0.1, 0.15) is 34.3 Å². The normalized spacial score (nSPS) is 21.0. The van der Waals surface area contributed by atoms with Crippen molar-refractivity contribution in [2.24, 2.45) is 0 Å². The van der Waals surface area contributed by atoms with Crippen molar-refractivity contribution < 1.29 is 18.8 Å². The van der Waals surface area contributed by atoms with Gasteiger partial charge in [-0.1, -0.05) is 0 Å². The molecule has 1 saturated heterocycles. The van der Waals surface area contributed by atoms with Crippen molar-refractivity contribution in [2.45, 2.75) is 25.4 Å². The molecule has 1 aromatic carbocycles. The number of imide groups is 1. The van der Waals surface area contributed by atoms with E-state index in [2.05, 4.69) is 5.32 Å². The zero-order valence-corrected chi connectivity index (χ0v) is 10.9. The van der Waals surface area contributed by atoms with Gasteiger partial charge in [-0.3, -0.25) is 19.7 Å². The molecule has 2 heterocycles. The van der Waals surface area contributed by atoms with Crippen molar-refractivity contribution in [3.8, 4) is 6.07 Å². The van der Waals surface area contributed by atoms with E-state index in [0.29, 0.717) is 0 Å². The molecule has 1 unspecified atom stereocenters. The third-order valence-electron chi connectivity index (χ3n) is 3.77. The molecular weight excluding hydrogens is 277 g/mol. The molecule has 106 valence electrons. The maximum absolute atomic E-state index is 13.8. The van der Waals surface area contributed by atoms with Crippen molar-refractivity contribution in [3.63, 3.8) is 0 Å². The van der Waals surface area contributed by atoms with E-state index in [4.69, 9.17) is 5.26 Å². The van der Waals surface area contributed by atoms with Gasteiger partial charge in [-0.25, -0.2) is 4.39 Å². The number of carbonyl (C=O) groups excluding carboxylic acids is 3. The number of nitrogens with one attached hydrogen (secondary N) is 1. The first-order valence-electron chi connectivity index (χ1n) is 6.39. The van der Waals surface area contributed by atoms with Crippen LogP contribution in [0.5, 0.6) is 0 Å². The lowest BCUT2D eigenvalue weighted by atomic mass is 10.0. The molecule has 0 saturated carbocycles. The SMILES string of the molecule is N#Cc1ccc(F)c2c1C(=O)N(C1CCC(=O)NC1=O)C2. The second-order valence-electron chi connectivity index (χ2n) is 4.96. The molecule has 2 aliphatic heterocycles. The molecule has 1 N–H and O–H groups in total. The Morgan fingerprint density at radius 2 is 2.10 bits per heavy atom. The Labute approximate surface area is 119 Å². The highest BCUT2D eigenvalue weighted by Gasteiger charge is 2.41. The van der Waals surface area contributed by atoms with Gasteiger partial charge in [-0.05, 0) is 18.6 Å². The molecule has 0 aromatic heterocycles. The van der Waals surface area contributed by atoms with Crippen LogP contribution in [0.15, 0.2) is 12.1 Å². The van der Waals surface area contributed by atoms with Crippen molar-refractivity contribution in [1.82, 2.24) is 10.2 Å². The van der Waals surface area contributed by atoms with Crippen molar-refractivity contribution >= 4 is 17.7 Å². The number of nitrogens with zero attached hydrogens (tertiary/aromatic N) is 2. The monoisotopic (exact) mass is 287 g/mol. The van der Waals surface area contributed by atoms with Gasteiger partial charge in [0.2, 0.25) is 11.8 Å². The van der Waals surface area contributed by atoms with Gasteiger partial charge in [-0.15, -0.1) is 0 Å². The van der Waals surface area contributed by atoms with E-state index in [-0.39, 0.29) is 42.0 Å². The van der Waals surface area contributed by atoms with E-state index < -0.39 is 23.7 Å². The largest absolute Gasteiger partial charge is 0.322 e. The van der Waals surface area contributed by atoms with Crippen molar-refractivity contribution in [2.75, 3.05) is 0 Å². The van der Waals surface area contributed by atoms with Crippen LogP contribution in [0.2, 0.25) is 0 Å². The molecule has 21 heavy (non-hydrogen) atoms. The second kappa shape index (κ2) is 4.66. The Balaban J connectivity index is 1.98. The number of rotatable bonds is 1. The molecule has 0 aliphatic carbocycles. The van der Waals surface area contributed by atoms with Gasteiger partial charge in [0.05, 0.1) is 23.7 Å². The van der Waals surface area contributed by atoms with Gasteiger partial charge >= 0.3 is 0 Å². The summed E-state index contributed by atoms with van der Waals surface area (Å²) in [5.74, 6) is -2.07. The Bertz CT molecular complexity index is 723. The fourth-order valence-corrected chi connectivity index (χ4v) is 2.73. The van der Waals surface area contributed by atoms with E-state index in [9.17, 15) is 18.8 Å². The molecule has 3 amide bonds. The van der Waals surface area contributed by atoms with Gasteiger partial charge in [0.15, 0.2) is 0 Å². The minimum absolute atomic E-state index is 0.0159.